The van der Waals surface area contributed by atoms with Gasteiger partial charge in [-0.3, -0.25) is 4.90 Å². The van der Waals surface area contributed by atoms with Crippen LogP contribution >= 0.6 is 0 Å². The second-order valence-corrected chi connectivity index (χ2v) is 7.89. The lowest BCUT2D eigenvalue weighted by atomic mass is 9.80. The van der Waals surface area contributed by atoms with Crippen LogP contribution < -0.4 is 9.47 Å². The number of methoxy groups -OCH3 is 2. The molecule has 2 saturated heterocycles. The van der Waals surface area contributed by atoms with Crippen LogP contribution in [0, 0.1) is 0 Å². The lowest BCUT2D eigenvalue weighted by Crippen LogP contribution is -2.49. The van der Waals surface area contributed by atoms with E-state index in [1.807, 2.05) is 42.5 Å². The first kappa shape index (κ1) is 19.0. The fourth-order valence-electron chi connectivity index (χ4n) is 4.86. The van der Waals surface area contributed by atoms with Crippen LogP contribution in [0.5, 0.6) is 11.5 Å². The first-order valence-corrected chi connectivity index (χ1v) is 10.1. The van der Waals surface area contributed by atoms with Gasteiger partial charge in [0.15, 0.2) is 0 Å². The number of piperidine rings is 1. The van der Waals surface area contributed by atoms with Crippen LogP contribution in [-0.2, 0) is 5.60 Å². The summed E-state index contributed by atoms with van der Waals surface area (Å²) in [6, 6.07) is 16.8. The van der Waals surface area contributed by atoms with Crippen LogP contribution in [0.1, 0.15) is 36.8 Å². The Labute approximate surface area is 167 Å². The summed E-state index contributed by atoms with van der Waals surface area (Å²) >= 11 is 0. The van der Waals surface area contributed by atoms with Crippen molar-refractivity contribution < 1.29 is 14.6 Å². The highest BCUT2D eigenvalue weighted by molar-refractivity contribution is 5.57. The fraction of sp³-hybridized carbons (Fsp3) is 0.417. The predicted molar refractivity (Wildman–Crippen MR) is 112 cm³/mol. The molecule has 4 heteroatoms. The lowest BCUT2D eigenvalue weighted by Gasteiger charge is -2.43. The van der Waals surface area contributed by atoms with E-state index in [9.17, 15) is 5.11 Å². The van der Waals surface area contributed by atoms with Gasteiger partial charge in [0.05, 0.1) is 19.8 Å². The summed E-state index contributed by atoms with van der Waals surface area (Å²) < 4.78 is 10.7. The zero-order valence-corrected chi connectivity index (χ0v) is 16.7. The molecular weight excluding hydrogens is 350 g/mol. The molecule has 0 aromatic heterocycles. The van der Waals surface area contributed by atoms with Gasteiger partial charge in [-0.05, 0) is 49.4 Å². The number of fused-ring (bicyclic) bond motifs is 2. The van der Waals surface area contributed by atoms with Crippen LogP contribution in [0.2, 0.25) is 0 Å². The smallest absolute Gasteiger partial charge is 0.126 e. The average Bonchev–Trinajstić information content (AvgIpc) is 2.98. The molecular formula is C24H29NO3. The molecule has 4 rings (SSSR count). The van der Waals surface area contributed by atoms with Crippen molar-refractivity contribution >= 4 is 6.08 Å². The minimum absolute atomic E-state index is 0.424. The first-order chi connectivity index (χ1) is 13.6. The van der Waals surface area contributed by atoms with E-state index in [1.54, 1.807) is 14.2 Å². The molecule has 2 aromatic rings. The maximum atomic E-state index is 11.4. The standard InChI is InChI=1S/C24H29NO3/c1-27-22-13-9-19(10-14-22)24(26)16-20-11-12-21(17-24)25(20)15-5-7-18-6-3-4-8-23(18)28-2/h3-10,13-14,20-21,26H,11-12,15-17H2,1-2H3/b7-5+/t20-,21-/m0/s1. The maximum absolute atomic E-state index is 11.4. The number of para-hydroxylation sites is 1. The zero-order chi connectivity index (χ0) is 19.6. The Kier molecular flexibility index (Phi) is 5.42. The van der Waals surface area contributed by atoms with Crippen molar-refractivity contribution in [2.24, 2.45) is 0 Å². The number of hydrogen-bond donors (Lipinski definition) is 1. The Morgan fingerprint density at radius 2 is 1.68 bits per heavy atom. The summed E-state index contributed by atoms with van der Waals surface area (Å²) in [5.74, 6) is 1.73. The molecule has 148 valence electrons. The Morgan fingerprint density at radius 3 is 2.32 bits per heavy atom. The van der Waals surface area contributed by atoms with Gasteiger partial charge in [0.1, 0.15) is 11.5 Å². The molecule has 2 heterocycles. The molecule has 2 bridgehead atoms. The fourth-order valence-corrected chi connectivity index (χ4v) is 4.86. The molecule has 0 saturated carbocycles. The highest BCUT2D eigenvalue weighted by atomic mass is 16.5. The maximum Gasteiger partial charge on any atom is 0.126 e. The van der Waals surface area contributed by atoms with E-state index < -0.39 is 5.60 Å². The summed E-state index contributed by atoms with van der Waals surface area (Å²) in [5.41, 5.74) is 1.37. The second-order valence-electron chi connectivity index (χ2n) is 7.89. The third kappa shape index (κ3) is 3.67. The third-order valence-electron chi connectivity index (χ3n) is 6.30. The van der Waals surface area contributed by atoms with E-state index in [-0.39, 0.29) is 0 Å². The first-order valence-electron chi connectivity index (χ1n) is 10.1. The lowest BCUT2D eigenvalue weighted by molar-refractivity contribution is -0.0535. The van der Waals surface area contributed by atoms with Crippen molar-refractivity contribution in [3.8, 4) is 11.5 Å². The quantitative estimate of drug-likeness (QED) is 0.816. The largest absolute Gasteiger partial charge is 0.497 e. The molecule has 0 aliphatic carbocycles. The van der Waals surface area contributed by atoms with Gasteiger partial charge < -0.3 is 14.6 Å². The number of aliphatic hydroxyl groups is 1. The van der Waals surface area contributed by atoms with Crippen molar-refractivity contribution in [3.05, 3.63) is 65.7 Å². The van der Waals surface area contributed by atoms with E-state index in [0.717, 1.165) is 54.9 Å². The van der Waals surface area contributed by atoms with Gasteiger partial charge in [-0.15, -0.1) is 0 Å². The van der Waals surface area contributed by atoms with Gasteiger partial charge in [0.25, 0.3) is 0 Å². The molecule has 1 N–H and O–H groups in total. The Bertz CT molecular complexity index is 816. The zero-order valence-electron chi connectivity index (χ0n) is 16.7. The molecule has 2 aromatic carbocycles. The highest BCUT2D eigenvalue weighted by Crippen LogP contribution is 2.45. The molecule has 0 radical (unpaired) electrons. The highest BCUT2D eigenvalue weighted by Gasteiger charge is 2.47. The monoisotopic (exact) mass is 379 g/mol. The van der Waals surface area contributed by atoms with Gasteiger partial charge in [-0.1, -0.05) is 42.5 Å². The van der Waals surface area contributed by atoms with E-state index in [0.29, 0.717) is 12.1 Å². The molecule has 0 spiro atoms. The van der Waals surface area contributed by atoms with Gasteiger partial charge >= 0.3 is 0 Å². The number of benzene rings is 2. The van der Waals surface area contributed by atoms with E-state index in [2.05, 4.69) is 23.1 Å². The van der Waals surface area contributed by atoms with Crippen LogP contribution in [0.25, 0.3) is 6.08 Å². The van der Waals surface area contributed by atoms with E-state index in [4.69, 9.17) is 9.47 Å². The predicted octanol–water partition coefficient (Wildman–Crippen LogP) is 4.23. The van der Waals surface area contributed by atoms with Gasteiger partial charge in [0, 0.05) is 24.2 Å². The van der Waals surface area contributed by atoms with Crippen molar-refractivity contribution in [2.75, 3.05) is 20.8 Å². The third-order valence-corrected chi connectivity index (χ3v) is 6.30. The summed E-state index contributed by atoms with van der Waals surface area (Å²) in [6.45, 7) is 0.909. The summed E-state index contributed by atoms with van der Waals surface area (Å²) in [6.07, 6.45) is 8.26. The molecule has 0 amide bonds. The van der Waals surface area contributed by atoms with Gasteiger partial charge in [0.2, 0.25) is 0 Å². The van der Waals surface area contributed by atoms with Crippen LogP contribution in [0.15, 0.2) is 54.6 Å². The number of rotatable bonds is 6. The Morgan fingerprint density at radius 1 is 1.00 bits per heavy atom. The van der Waals surface area contributed by atoms with Gasteiger partial charge in [-0.2, -0.15) is 0 Å². The molecule has 4 nitrogen and oxygen atoms in total. The molecule has 2 atom stereocenters. The number of nitrogens with zero attached hydrogens (tertiary/aromatic N) is 1. The summed E-state index contributed by atoms with van der Waals surface area (Å²) in [4.78, 5) is 2.56. The Balaban J connectivity index is 1.44. The van der Waals surface area contributed by atoms with Gasteiger partial charge in [-0.25, -0.2) is 0 Å². The van der Waals surface area contributed by atoms with Crippen LogP contribution in [0.4, 0.5) is 0 Å². The molecule has 2 aliphatic rings. The van der Waals surface area contributed by atoms with E-state index in [1.165, 1.54) is 0 Å². The minimum Gasteiger partial charge on any atom is -0.497 e. The SMILES string of the molecule is COc1ccc(C2(O)C[C@@H]3CC[C@@H](C2)N3C/C=C/c2ccccc2OC)cc1. The topological polar surface area (TPSA) is 41.9 Å². The van der Waals surface area contributed by atoms with E-state index >= 15 is 0 Å². The molecule has 28 heavy (non-hydrogen) atoms. The normalized spacial score (nSPS) is 27.2. The average molecular weight is 380 g/mol. The van der Waals surface area contributed by atoms with Crippen LogP contribution in [-0.4, -0.2) is 42.9 Å². The van der Waals surface area contributed by atoms with Crippen molar-refractivity contribution in [2.45, 2.75) is 43.4 Å². The minimum atomic E-state index is -0.735. The molecule has 0 unspecified atom stereocenters. The summed E-state index contributed by atoms with van der Waals surface area (Å²) in [7, 11) is 3.37. The van der Waals surface area contributed by atoms with Crippen molar-refractivity contribution in [1.29, 1.82) is 0 Å². The second kappa shape index (κ2) is 7.98. The number of ether oxygens (including phenoxy) is 2. The van der Waals surface area contributed by atoms with Crippen molar-refractivity contribution in [1.82, 2.24) is 4.90 Å². The van der Waals surface area contributed by atoms with Crippen molar-refractivity contribution in [3.63, 3.8) is 0 Å². The van der Waals surface area contributed by atoms with Crippen LogP contribution in [0.3, 0.4) is 0 Å². The Hall–Kier alpha value is -2.30. The number of hydrogen-bond acceptors (Lipinski definition) is 4. The molecule has 2 aliphatic heterocycles. The summed E-state index contributed by atoms with van der Waals surface area (Å²) in [5, 5.41) is 11.4. The molecule has 2 fully saturated rings.